The number of nitrogens with two attached hydrogens (primary N) is 1. The Hall–Kier alpha value is -1.34. The Bertz CT molecular complexity index is 308. The summed E-state index contributed by atoms with van der Waals surface area (Å²) in [6, 6.07) is 0. The van der Waals surface area contributed by atoms with E-state index < -0.39 is 35.3 Å². The fourth-order valence-corrected chi connectivity index (χ4v) is 1.85. The molecule has 0 heterocycles. The smallest absolute Gasteiger partial charge is 0.323 e. The molecule has 0 radical (unpaired) electrons. The quantitative estimate of drug-likeness (QED) is 0.526. The van der Waals surface area contributed by atoms with E-state index in [4.69, 9.17) is 21.1 Å². The van der Waals surface area contributed by atoms with Crippen LogP contribution in [0.5, 0.6) is 0 Å². The molecule has 8 heteroatoms. The highest BCUT2D eigenvalue weighted by molar-refractivity contribution is 5.87. The Morgan fingerprint density at radius 1 is 1.00 bits per heavy atom. The molecule has 3 atom stereocenters. The van der Waals surface area contributed by atoms with Crippen molar-refractivity contribution in [3.63, 3.8) is 0 Å². The highest BCUT2D eigenvalue weighted by Gasteiger charge is 2.53. The third-order valence-electron chi connectivity index (χ3n) is 2.71. The molecule has 0 saturated heterocycles. The summed E-state index contributed by atoms with van der Waals surface area (Å²) in [5.41, 5.74) is 3.69. The first kappa shape index (κ1) is 14.7. The van der Waals surface area contributed by atoms with Gasteiger partial charge in [0.2, 0.25) is 0 Å². The third-order valence-corrected chi connectivity index (χ3v) is 2.71. The molecule has 16 heavy (non-hydrogen) atoms. The van der Waals surface area contributed by atoms with Crippen LogP contribution in [-0.4, -0.2) is 38.8 Å². The van der Waals surface area contributed by atoms with Gasteiger partial charge in [-0.3, -0.25) is 14.4 Å². The molecule has 7 nitrogen and oxygen atoms in total. The standard InChI is InChI=1S/C8H11NO6.ClH/c9-8(7(14)15)1-3(5(10)11)4(2-8)6(12)13;/h3-4H,1-2,9H2,(H,10,11)(H,12,13)(H,14,15);1H/t3-,4+,8?;. The summed E-state index contributed by atoms with van der Waals surface area (Å²) in [6.45, 7) is 0. The largest absolute Gasteiger partial charge is 0.481 e. The second kappa shape index (κ2) is 4.67. The minimum Gasteiger partial charge on any atom is -0.481 e. The lowest BCUT2D eigenvalue weighted by Crippen LogP contribution is -2.46. The van der Waals surface area contributed by atoms with E-state index in [0.717, 1.165) is 0 Å². The maximum Gasteiger partial charge on any atom is 0.323 e. The van der Waals surface area contributed by atoms with Crippen molar-refractivity contribution < 1.29 is 29.7 Å². The molecule has 0 aliphatic heterocycles. The highest BCUT2D eigenvalue weighted by Crippen LogP contribution is 2.38. The Balaban J connectivity index is 0.00000225. The summed E-state index contributed by atoms with van der Waals surface area (Å²) in [5.74, 6) is -6.48. The van der Waals surface area contributed by atoms with Gasteiger partial charge in [0, 0.05) is 0 Å². The van der Waals surface area contributed by atoms with Crippen molar-refractivity contribution in [1.82, 2.24) is 0 Å². The number of hydrogen-bond donors (Lipinski definition) is 4. The van der Waals surface area contributed by atoms with Gasteiger partial charge in [0.05, 0.1) is 11.8 Å². The number of carboxylic acids is 3. The van der Waals surface area contributed by atoms with Gasteiger partial charge < -0.3 is 21.1 Å². The van der Waals surface area contributed by atoms with Crippen molar-refractivity contribution in [3.05, 3.63) is 0 Å². The summed E-state index contributed by atoms with van der Waals surface area (Å²) < 4.78 is 0. The summed E-state index contributed by atoms with van der Waals surface area (Å²) in [7, 11) is 0. The zero-order valence-electron chi connectivity index (χ0n) is 8.12. The van der Waals surface area contributed by atoms with Crippen molar-refractivity contribution in [2.24, 2.45) is 17.6 Å². The van der Waals surface area contributed by atoms with Crippen LogP contribution in [0.25, 0.3) is 0 Å². The van der Waals surface area contributed by atoms with E-state index in [-0.39, 0.29) is 25.2 Å². The van der Waals surface area contributed by atoms with Crippen LogP contribution in [0, 0.1) is 11.8 Å². The van der Waals surface area contributed by atoms with Crippen molar-refractivity contribution in [2.45, 2.75) is 18.4 Å². The van der Waals surface area contributed by atoms with Crippen LogP contribution in [0.1, 0.15) is 12.8 Å². The van der Waals surface area contributed by atoms with Crippen LogP contribution in [0.15, 0.2) is 0 Å². The number of rotatable bonds is 3. The van der Waals surface area contributed by atoms with Crippen molar-refractivity contribution in [1.29, 1.82) is 0 Å². The summed E-state index contributed by atoms with van der Waals surface area (Å²) in [4.78, 5) is 32.2. The van der Waals surface area contributed by atoms with Gasteiger partial charge in [0.1, 0.15) is 5.54 Å². The lowest BCUT2D eigenvalue weighted by molar-refractivity contribution is -0.152. The normalized spacial score (nSPS) is 32.8. The lowest BCUT2D eigenvalue weighted by Gasteiger charge is -2.16. The Kier molecular flexibility index (Phi) is 4.28. The molecule has 0 aromatic heterocycles. The molecule has 1 saturated carbocycles. The fourth-order valence-electron chi connectivity index (χ4n) is 1.85. The van der Waals surface area contributed by atoms with Crippen molar-refractivity contribution in [3.8, 4) is 0 Å². The maximum atomic E-state index is 10.7. The minimum absolute atomic E-state index is 0. The van der Waals surface area contributed by atoms with E-state index in [1.54, 1.807) is 0 Å². The number of halogens is 1. The van der Waals surface area contributed by atoms with E-state index in [1.807, 2.05) is 0 Å². The third kappa shape index (κ3) is 2.42. The predicted molar refractivity (Wildman–Crippen MR) is 53.3 cm³/mol. The second-order valence-electron chi connectivity index (χ2n) is 3.76. The molecule has 0 amide bonds. The van der Waals surface area contributed by atoms with Crippen LogP contribution in [-0.2, 0) is 14.4 Å². The molecule has 0 aromatic carbocycles. The monoisotopic (exact) mass is 253 g/mol. The van der Waals surface area contributed by atoms with Gasteiger partial charge >= 0.3 is 17.9 Å². The molecule has 1 aliphatic carbocycles. The lowest BCUT2D eigenvalue weighted by atomic mass is 9.97. The fraction of sp³-hybridized carbons (Fsp3) is 0.625. The number of carbonyl (C=O) groups is 3. The van der Waals surface area contributed by atoms with Crippen LogP contribution >= 0.6 is 12.4 Å². The van der Waals surface area contributed by atoms with Gasteiger partial charge in [-0.05, 0) is 12.8 Å². The zero-order chi connectivity index (χ0) is 11.8. The summed E-state index contributed by atoms with van der Waals surface area (Å²) >= 11 is 0. The van der Waals surface area contributed by atoms with Crippen LogP contribution in [0.4, 0.5) is 0 Å². The van der Waals surface area contributed by atoms with E-state index in [9.17, 15) is 14.4 Å². The Morgan fingerprint density at radius 2 is 1.31 bits per heavy atom. The molecule has 5 N–H and O–H groups in total. The van der Waals surface area contributed by atoms with Gasteiger partial charge in [0.25, 0.3) is 0 Å². The first-order chi connectivity index (χ1) is 6.78. The molecular formula is C8H12ClNO6. The van der Waals surface area contributed by atoms with Crippen molar-refractivity contribution >= 4 is 30.3 Å². The van der Waals surface area contributed by atoms with Gasteiger partial charge in [-0.1, -0.05) is 0 Å². The van der Waals surface area contributed by atoms with Gasteiger partial charge in [-0.25, -0.2) is 0 Å². The molecule has 0 aromatic rings. The van der Waals surface area contributed by atoms with Crippen LogP contribution in [0.2, 0.25) is 0 Å². The average molecular weight is 254 g/mol. The van der Waals surface area contributed by atoms with E-state index in [1.165, 1.54) is 0 Å². The molecule has 0 bridgehead atoms. The predicted octanol–water partition coefficient (Wildman–Crippen LogP) is -0.614. The zero-order valence-corrected chi connectivity index (χ0v) is 8.94. The number of carboxylic acid groups (broad SMARTS) is 3. The summed E-state index contributed by atoms with van der Waals surface area (Å²) in [5, 5.41) is 26.2. The SMILES string of the molecule is Cl.NC1(C(=O)O)C[C@H](C(=O)O)[C@H](C(=O)O)C1. The molecular weight excluding hydrogens is 242 g/mol. The van der Waals surface area contributed by atoms with Gasteiger partial charge in [-0.2, -0.15) is 0 Å². The van der Waals surface area contributed by atoms with E-state index >= 15 is 0 Å². The highest BCUT2D eigenvalue weighted by atomic mass is 35.5. The Labute approximate surface area is 96.6 Å². The van der Waals surface area contributed by atoms with Gasteiger partial charge in [0.15, 0.2) is 0 Å². The van der Waals surface area contributed by atoms with Crippen molar-refractivity contribution in [2.75, 3.05) is 0 Å². The minimum atomic E-state index is -1.74. The summed E-state index contributed by atoms with van der Waals surface area (Å²) in [6.07, 6.45) is -0.705. The molecule has 0 spiro atoms. The second-order valence-corrected chi connectivity index (χ2v) is 3.76. The number of aliphatic carboxylic acids is 3. The Morgan fingerprint density at radius 3 is 1.50 bits per heavy atom. The molecule has 1 unspecified atom stereocenters. The van der Waals surface area contributed by atoms with E-state index in [0.29, 0.717) is 0 Å². The molecule has 1 rings (SSSR count). The topological polar surface area (TPSA) is 138 Å². The van der Waals surface area contributed by atoms with Crippen LogP contribution in [0.3, 0.4) is 0 Å². The number of hydrogen-bond acceptors (Lipinski definition) is 4. The van der Waals surface area contributed by atoms with E-state index in [2.05, 4.69) is 0 Å². The first-order valence-electron chi connectivity index (χ1n) is 4.26. The first-order valence-corrected chi connectivity index (χ1v) is 4.26. The maximum absolute atomic E-state index is 10.7. The average Bonchev–Trinajstić information content (AvgIpc) is 2.45. The molecule has 92 valence electrons. The van der Waals surface area contributed by atoms with Crippen LogP contribution < -0.4 is 5.73 Å². The molecule has 1 fully saturated rings. The molecule has 1 aliphatic rings. The van der Waals surface area contributed by atoms with Gasteiger partial charge in [-0.15, -0.1) is 12.4 Å².